The Labute approximate surface area is 119 Å². The molecule has 2 rings (SSSR count). The molecule has 0 saturated carbocycles. The maximum atomic E-state index is 12.0. The summed E-state index contributed by atoms with van der Waals surface area (Å²) in [5, 5.41) is 0. The minimum Gasteiger partial charge on any atom is -0.322 e. The first-order chi connectivity index (χ1) is 9.52. The molecule has 0 spiro atoms. The average Bonchev–Trinajstić information content (AvgIpc) is 2.79. The highest BCUT2D eigenvalue weighted by Crippen LogP contribution is 2.18. The van der Waals surface area contributed by atoms with Crippen LogP contribution in [0.15, 0.2) is 41.5 Å². The smallest absolute Gasteiger partial charge is 0.322 e. The van der Waals surface area contributed by atoms with Gasteiger partial charge in [-0.2, -0.15) is 0 Å². The highest BCUT2D eigenvalue weighted by molar-refractivity contribution is 5.26. The van der Waals surface area contributed by atoms with Crippen LogP contribution in [0.25, 0.3) is 0 Å². The molecule has 1 atom stereocenters. The first-order valence-corrected chi connectivity index (χ1v) is 7.14. The number of imidazole rings is 1. The van der Waals surface area contributed by atoms with Gasteiger partial charge in [-0.1, -0.05) is 38.1 Å². The predicted molar refractivity (Wildman–Crippen MR) is 81.8 cm³/mol. The van der Waals surface area contributed by atoms with Gasteiger partial charge >= 0.3 is 5.69 Å². The van der Waals surface area contributed by atoms with Gasteiger partial charge in [-0.25, -0.2) is 4.79 Å². The van der Waals surface area contributed by atoms with E-state index in [4.69, 9.17) is 5.73 Å². The molecule has 1 unspecified atom stereocenters. The summed E-state index contributed by atoms with van der Waals surface area (Å²) in [6, 6.07) is 8.17. The number of rotatable bonds is 5. The van der Waals surface area contributed by atoms with Crippen LogP contribution in [0.3, 0.4) is 0 Å². The Morgan fingerprint density at radius 1 is 1.05 bits per heavy atom. The van der Waals surface area contributed by atoms with Gasteiger partial charge in [-0.3, -0.25) is 9.13 Å². The molecule has 2 N–H and O–H groups in total. The monoisotopic (exact) mass is 273 g/mol. The Hall–Kier alpha value is -1.81. The second-order valence-electron chi connectivity index (χ2n) is 5.45. The van der Waals surface area contributed by atoms with Crippen molar-refractivity contribution < 1.29 is 0 Å². The fraction of sp³-hybridized carbons (Fsp3) is 0.438. The van der Waals surface area contributed by atoms with Crippen LogP contribution in [0.1, 0.15) is 43.9 Å². The van der Waals surface area contributed by atoms with E-state index >= 15 is 0 Å². The molecular formula is C16H23N3O. The normalized spacial score (nSPS) is 12.8. The van der Waals surface area contributed by atoms with Crippen molar-refractivity contribution in [2.45, 2.75) is 45.8 Å². The SMILES string of the molecule is CCn1ccn(CC(N)c2ccc(C(C)C)cc2)c1=O. The van der Waals surface area contributed by atoms with Crippen LogP contribution >= 0.6 is 0 Å². The van der Waals surface area contributed by atoms with E-state index in [9.17, 15) is 4.79 Å². The number of nitrogens with zero attached hydrogens (tertiary/aromatic N) is 2. The van der Waals surface area contributed by atoms with Crippen LogP contribution in [0.5, 0.6) is 0 Å². The number of aromatic nitrogens is 2. The molecule has 20 heavy (non-hydrogen) atoms. The van der Waals surface area contributed by atoms with Crippen LogP contribution in [0.2, 0.25) is 0 Å². The molecule has 108 valence electrons. The fourth-order valence-corrected chi connectivity index (χ4v) is 2.28. The first-order valence-electron chi connectivity index (χ1n) is 7.14. The largest absolute Gasteiger partial charge is 0.328 e. The third-order valence-corrected chi connectivity index (χ3v) is 3.68. The zero-order valence-electron chi connectivity index (χ0n) is 12.4. The van der Waals surface area contributed by atoms with E-state index in [1.54, 1.807) is 21.5 Å². The number of hydrogen-bond acceptors (Lipinski definition) is 2. The molecule has 0 saturated heterocycles. The predicted octanol–water partition coefficient (Wildman–Crippen LogP) is 2.49. The van der Waals surface area contributed by atoms with Gasteiger partial charge < -0.3 is 5.73 Å². The van der Waals surface area contributed by atoms with Gasteiger partial charge in [0.25, 0.3) is 0 Å². The lowest BCUT2D eigenvalue weighted by Crippen LogP contribution is -2.28. The summed E-state index contributed by atoms with van der Waals surface area (Å²) in [5.74, 6) is 0.515. The Kier molecular flexibility index (Phi) is 4.45. The fourth-order valence-electron chi connectivity index (χ4n) is 2.28. The Morgan fingerprint density at radius 3 is 2.10 bits per heavy atom. The highest BCUT2D eigenvalue weighted by atomic mass is 16.1. The van der Waals surface area contributed by atoms with E-state index in [2.05, 4.69) is 38.1 Å². The molecule has 0 radical (unpaired) electrons. The summed E-state index contributed by atoms with van der Waals surface area (Å²) in [5.41, 5.74) is 8.57. The van der Waals surface area contributed by atoms with Gasteiger partial charge in [-0.05, 0) is 24.0 Å². The third-order valence-electron chi connectivity index (χ3n) is 3.68. The van der Waals surface area contributed by atoms with E-state index in [-0.39, 0.29) is 11.7 Å². The standard InChI is InChI=1S/C16H23N3O/c1-4-18-9-10-19(16(18)20)11-15(17)14-7-5-13(6-8-14)12(2)3/h5-10,12,15H,4,11,17H2,1-3H3. The van der Waals surface area contributed by atoms with Crippen LogP contribution in [0.4, 0.5) is 0 Å². The van der Waals surface area contributed by atoms with Crippen molar-refractivity contribution in [3.8, 4) is 0 Å². The quantitative estimate of drug-likeness (QED) is 0.910. The molecular weight excluding hydrogens is 250 g/mol. The molecule has 1 aromatic carbocycles. The maximum absolute atomic E-state index is 12.0. The molecule has 0 aliphatic heterocycles. The zero-order chi connectivity index (χ0) is 14.7. The van der Waals surface area contributed by atoms with E-state index in [1.807, 2.05) is 6.92 Å². The Bertz CT molecular complexity index is 607. The summed E-state index contributed by atoms with van der Waals surface area (Å²) < 4.78 is 3.35. The van der Waals surface area contributed by atoms with E-state index < -0.39 is 0 Å². The van der Waals surface area contributed by atoms with Crippen molar-refractivity contribution in [2.24, 2.45) is 5.73 Å². The molecule has 0 aliphatic rings. The van der Waals surface area contributed by atoms with Crippen molar-refractivity contribution in [3.63, 3.8) is 0 Å². The van der Waals surface area contributed by atoms with Gasteiger partial charge in [0.2, 0.25) is 0 Å². The Morgan fingerprint density at radius 2 is 1.60 bits per heavy atom. The van der Waals surface area contributed by atoms with Crippen molar-refractivity contribution in [1.82, 2.24) is 9.13 Å². The van der Waals surface area contributed by atoms with Crippen molar-refractivity contribution in [3.05, 3.63) is 58.3 Å². The summed E-state index contributed by atoms with van der Waals surface area (Å²) in [6.07, 6.45) is 3.60. The van der Waals surface area contributed by atoms with Gasteiger partial charge in [0.15, 0.2) is 0 Å². The van der Waals surface area contributed by atoms with Gasteiger partial charge in [0.1, 0.15) is 0 Å². The molecule has 2 aromatic rings. The van der Waals surface area contributed by atoms with Crippen LogP contribution in [0, 0.1) is 0 Å². The molecule has 0 amide bonds. The molecule has 4 nitrogen and oxygen atoms in total. The second kappa shape index (κ2) is 6.09. The molecule has 0 aliphatic carbocycles. The number of benzene rings is 1. The average molecular weight is 273 g/mol. The van der Waals surface area contributed by atoms with Crippen LogP contribution in [-0.2, 0) is 13.1 Å². The van der Waals surface area contributed by atoms with Crippen molar-refractivity contribution in [2.75, 3.05) is 0 Å². The first kappa shape index (κ1) is 14.6. The van der Waals surface area contributed by atoms with Crippen molar-refractivity contribution in [1.29, 1.82) is 0 Å². The molecule has 1 heterocycles. The van der Waals surface area contributed by atoms with Gasteiger partial charge in [0, 0.05) is 31.5 Å². The lowest BCUT2D eigenvalue weighted by atomic mass is 9.99. The second-order valence-corrected chi connectivity index (χ2v) is 5.45. The summed E-state index contributed by atoms with van der Waals surface area (Å²) >= 11 is 0. The lowest BCUT2D eigenvalue weighted by molar-refractivity contribution is 0.547. The number of aryl methyl sites for hydroxylation is 1. The van der Waals surface area contributed by atoms with E-state index in [0.717, 1.165) is 5.56 Å². The highest BCUT2D eigenvalue weighted by Gasteiger charge is 2.10. The number of nitrogens with two attached hydrogens (primary N) is 1. The third kappa shape index (κ3) is 3.02. The van der Waals surface area contributed by atoms with Crippen molar-refractivity contribution >= 4 is 0 Å². The van der Waals surface area contributed by atoms with Gasteiger partial charge in [0.05, 0.1) is 0 Å². The maximum Gasteiger partial charge on any atom is 0.328 e. The summed E-state index contributed by atoms with van der Waals surface area (Å²) in [7, 11) is 0. The lowest BCUT2D eigenvalue weighted by Gasteiger charge is -2.14. The molecule has 0 bridgehead atoms. The molecule has 4 heteroatoms. The Balaban J connectivity index is 2.13. The van der Waals surface area contributed by atoms with Gasteiger partial charge in [-0.15, -0.1) is 0 Å². The summed E-state index contributed by atoms with van der Waals surface area (Å²) in [4.78, 5) is 12.0. The molecule has 0 fully saturated rings. The summed E-state index contributed by atoms with van der Waals surface area (Å²) in [6.45, 7) is 7.48. The van der Waals surface area contributed by atoms with Crippen LogP contribution < -0.4 is 11.4 Å². The zero-order valence-corrected chi connectivity index (χ0v) is 12.4. The van der Waals surface area contributed by atoms with E-state index in [1.165, 1.54) is 5.56 Å². The van der Waals surface area contributed by atoms with Crippen LogP contribution in [-0.4, -0.2) is 9.13 Å². The minimum atomic E-state index is -0.165. The minimum absolute atomic E-state index is 0.00162. The van der Waals surface area contributed by atoms with E-state index in [0.29, 0.717) is 19.0 Å². The molecule has 1 aromatic heterocycles. The number of hydrogen-bond donors (Lipinski definition) is 1. The topological polar surface area (TPSA) is 52.9 Å².